The lowest BCUT2D eigenvalue weighted by Gasteiger charge is -2.07. The minimum atomic E-state index is -0.367. The predicted molar refractivity (Wildman–Crippen MR) is 84.7 cm³/mol. The van der Waals surface area contributed by atoms with Gasteiger partial charge in [-0.1, -0.05) is 6.07 Å². The molecule has 1 amide bonds. The smallest absolute Gasteiger partial charge is 0.272 e. The normalized spacial score (nSPS) is 28.9. The van der Waals surface area contributed by atoms with Gasteiger partial charge in [-0.05, 0) is 42.9 Å². The van der Waals surface area contributed by atoms with Crippen LogP contribution in [0.2, 0.25) is 0 Å². The molecule has 124 valence electrons. The van der Waals surface area contributed by atoms with Gasteiger partial charge < -0.3 is 10.1 Å². The summed E-state index contributed by atoms with van der Waals surface area (Å²) in [6.07, 6.45) is 3.06. The minimum absolute atomic E-state index is 0.0796. The third-order valence-corrected chi connectivity index (χ3v) is 5.58. The van der Waals surface area contributed by atoms with Crippen molar-refractivity contribution in [1.29, 1.82) is 0 Å². The summed E-state index contributed by atoms with van der Waals surface area (Å²) in [5, 5.41) is 10.3. The molecule has 2 N–H and O–H groups in total. The summed E-state index contributed by atoms with van der Waals surface area (Å²) in [5.41, 5.74) is 3.82. The van der Waals surface area contributed by atoms with Crippen molar-refractivity contribution in [3.8, 4) is 5.75 Å². The zero-order valence-electron chi connectivity index (χ0n) is 13.3. The number of nitrogens with one attached hydrogen (secondary N) is 2. The molecular weight excluding hydrogens is 309 g/mol. The van der Waals surface area contributed by atoms with Crippen molar-refractivity contribution < 1.29 is 13.9 Å². The van der Waals surface area contributed by atoms with E-state index in [1.807, 2.05) is 0 Å². The van der Waals surface area contributed by atoms with E-state index >= 15 is 0 Å². The van der Waals surface area contributed by atoms with E-state index in [2.05, 4.69) is 15.5 Å². The molecule has 1 aromatic heterocycles. The maximum absolute atomic E-state index is 13.5. The number of methoxy groups -OCH3 is 1. The summed E-state index contributed by atoms with van der Waals surface area (Å²) < 4.78 is 18.5. The Kier molecular flexibility index (Phi) is 2.81. The first-order valence-corrected chi connectivity index (χ1v) is 8.37. The summed E-state index contributed by atoms with van der Waals surface area (Å²) in [6.45, 7) is 0. The molecule has 1 aromatic carbocycles. The number of halogens is 1. The van der Waals surface area contributed by atoms with Crippen LogP contribution in [-0.2, 0) is 6.42 Å². The van der Waals surface area contributed by atoms with Gasteiger partial charge in [0.2, 0.25) is 0 Å². The number of amides is 1. The number of carbonyl (C=O) groups is 1. The number of aromatic nitrogens is 2. The molecule has 2 fully saturated rings. The third kappa shape index (κ3) is 2.05. The van der Waals surface area contributed by atoms with Gasteiger partial charge >= 0.3 is 0 Å². The molecule has 0 radical (unpaired) electrons. The van der Waals surface area contributed by atoms with Gasteiger partial charge in [0.05, 0.1) is 7.11 Å². The van der Waals surface area contributed by atoms with Crippen LogP contribution >= 0.6 is 0 Å². The number of hydrogen-bond acceptors (Lipinski definition) is 3. The van der Waals surface area contributed by atoms with E-state index in [0.29, 0.717) is 11.6 Å². The molecule has 2 aromatic rings. The molecule has 1 heterocycles. The van der Waals surface area contributed by atoms with Gasteiger partial charge in [-0.15, -0.1) is 0 Å². The first-order valence-electron chi connectivity index (χ1n) is 8.37. The van der Waals surface area contributed by atoms with Crippen molar-refractivity contribution in [3.05, 3.63) is 46.5 Å². The molecule has 2 saturated carbocycles. The molecule has 0 aliphatic heterocycles. The molecule has 24 heavy (non-hydrogen) atoms. The molecule has 3 aliphatic rings. The monoisotopic (exact) mass is 327 g/mol. The number of ether oxygens (including phenoxy) is 1. The molecule has 0 unspecified atom stereocenters. The number of hydrogen-bond donors (Lipinski definition) is 2. The van der Waals surface area contributed by atoms with E-state index in [0.717, 1.165) is 29.9 Å². The summed E-state index contributed by atoms with van der Waals surface area (Å²) >= 11 is 0. The Balaban J connectivity index is 1.28. The summed E-state index contributed by atoms with van der Waals surface area (Å²) in [5.74, 6) is 1.32. The molecule has 5 rings (SSSR count). The van der Waals surface area contributed by atoms with Crippen molar-refractivity contribution in [1.82, 2.24) is 15.5 Å². The lowest BCUT2D eigenvalue weighted by Crippen LogP contribution is -2.27. The molecule has 0 bridgehead atoms. The predicted octanol–water partition coefficient (Wildman–Crippen LogP) is 2.50. The molecule has 0 saturated heterocycles. The number of H-pyrrole nitrogens is 1. The summed E-state index contributed by atoms with van der Waals surface area (Å²) in [4.78, 5) is 12.5. The molecule has 5 nitrogen and oxygen atoms in total. The maximum Gasteiger partial charge on any atom is 0.272 e. The first-order chi connectivity index (χ1) is 11.7. The molecule has 0 spiro atoms. The van der Waals surface area contributed by atoms with E-state index in [1.165, 1.54) is 25.3 Å². The van der Waals surface area contributed by atoms with Crippen molar-refractivity contribution >= 4 is 5.91 Å². The lowest BCUT2D eigenvalue weighted by atomic mass is 10.1. The minimum Gasteiger partial charge on any atom is -0.494 e. The zero-order chi connectivity index (χ0) is 16.4. The van der Waals surface area contributed by atoms with E-state index in [-0.39, 0.29) is 29.4 Å². The molecule has 4 atom stereocenters. The number of carbonyl (C=O) groups excluding carboxylic acids is 1. The fraction of sp³-hybridized carbons (Fsp3) is 0.444. The van der Waals surface area contributed by atoms with E-state index in [9.17, 15) is 9.18 Å². The first kappa shape index (κ1) is 14.0. The number of benzene rings is 1. The van der Waals surface area contributed by atoms with E-state index < -0.39 is 0 Å². The van der Waals surface area contributed by atoms with Gasteiger partial charge in [0.15, 0.2) is 17.3 Å². The summed E-state index contributed by atoms with van der Waals surface area (Å²) in [6, 6.07) is 4.97. The van der Waals surface area contributed by atoms with Crippen LogP contribution in [0.4, 0.5) is 4.39 Å². The second kappa shape index (κ2) is 4.82. The highest BCUT2D eigenvalue weighted by molar-refractivity contribution is 5.94. The van der Waals surface area contributed by atoms with Crippen LogP contribution in [0.15, 0.2) is 18.2 Å². The Morgan fingerprint density at radius 2 is 2.25 bits per heavy atom. The van der Waals surface area contributed by atoms with Crippen LogP contribution in [0.3, 0.4) is 0 Å². The second-order valence-corrected chi connectivity index (χ2v) is 7.09. The van der Waals surface area contributed by atoms with Crippen LogP contribution in [0, 0.1) is 11.7 Å². The maximum atomic E-state index is 13.5. The average Bonchev–Trinajstić information content (AvgIpc) is 3.43. The van der Waals surface area contributed by atoms with Crippen LogP contribution < -0.4 is 10.1 Å². The van der Waals surface area contributed by atoms with Crippen LogP contribution in [0.1, 0.15) is 52.0 Å². The Morgan fingerprint density at radius 3 is 3.08 bits per heavy atom. The van der Waals surface area contributed by atoms with Crippen molar-refractivity contribution in [2.24, 2.45) is 5.92 Å². The van der Waals surface area contributed by atoms with Gasteiger partial charge in [0.25, 0.3) is 5.91 Å². The largest absolute Gasteiger partial charge is 0.494 e. The van der Waals surface area contributed by atoms with Crippen LogP contribution in [0.25, 0.3) is 0 Å². The SMILES string of the molecule is COc1cc([C@@H]2C[C@H]2NC(=O)c2n[nH]c3c2C[C@H]2C[C@@H]32)ccc1F. The number of aromatic amines is 1. The van der Waals surface area contributed by atoms with Crippen molar-refractivity contribution in [2.45, 2.75) is 37.1 Å². The molecule has 3 aliphatic carbocycles. The Hall–Kier alpha value is -2.37. The summed E-state index contributed by atoms with van der Waals surface area (Å²) in [7, 11) is 1.46. The highest BCUT2D eigenvalue weighted by Gasteiger charge is 2.49. The van der Waals surface area contributed by atoms with Crippen LogP contribution in [0.5, 0.6) is 5.75 Å². The van der Waals surface area contributed by atoms with Gasteiger partial charge in [-0.3, -0.25) is 9.89 Å². The topological polar surface area (TPSA) is 67.0 Å². The highest BCUT2D eigenvalue weighted by atomic mass is 19.1. The lowest BCUT2D eigenvalue weighted by molar-refractivity contribution is 0.0944. The molecular formula is C18H18FN3O2. The van der Waals surface area contributed by atoms with Gasteiger partial charge in [0.1, 0.15) is 0 Å². The van der Waals surface area contributed by atoms with Gasteiger partial charge in [-0.2, -0.15) is 5.10 Å². The Labute approximate surface area is 138 Å². The Morgan fingerprint density at radius 1 is 1.38 bits per heavy atom. The Bertz CT molecular complexity index is 847. The van der Waals surface area contributed by atoms with Crippen molar-refractivity contribution in [3.63, 3.8) is 0 Å². The van der Waals surface area contributed by atoms with E-state index in [1.54, 1.807) is 12.1 Å². The zero-order valence-corrected chi connectivity index (χ0v) is 13.3. The average molecular weight is 327 g/mol. The van der Waals surface area contributed by atoms with Crippen molar-refractivity contribution in [2.75, 3.05) is 7.11 Å². The highest BCUT2D eigenvalue weighted by Crippen LogP contribution is 2.56. The molecule has 6 heteroatoms. The number of fused-ring (bicyclic) bond motifs is 3. The quantitative estimate of drug-likeness (QED) is 0.907. The third-order valence-electron chi connectivity index (χ3n) is 5.58. The van der Waals surface area contributed by atoms with Gasteiger partial charge in [-0.25, -0.2) is 4.39 Å². The fourth-order valence-corrected chi connectivity index (χ4v) is 4.04. The standard InChI is InChI=1S/C18H18FN3O2/c1-24-15-6-8(2-3-13(15)19)10-7-14(10)20-18(23)17-12-5-9-4-11(9)16(12)21-22-17/h2-3,6,9-11,14H,4-5,7H2,1H3,(H,20,23)(H,21,22)/t9-,10+,11-,14-/m1/s1. The van der Waals surface area contributed by atoms with Crippen LogP contribution in [-0.4, -0.2) is 29.3 Å². The van der Waals surface area contributed by atoms with E-state index in [4.69, 9.17) is 4.74 Å². The second-order valence-electron chi connectivity index (χ2n) is 7.09. The number of nitrogens with zero attached hydrogens (tertiary/aromatic N) is 1. The number of rotatable bonds is 4. The van der Waals surface area contributed by atoms with Gasteiger partial charge in [0, 0.05) is 29.1 Å². The fourth-order valence-electron chi connectivity index (χ4n) is 4.04.